The number of piperazine rings is 1. The molecule has 0 aromatic heterocycles. The Kier molecular flexibility index (Phi) is 16.0. The van der Waals surface area contributed by atoms with E-state index in [1.807, 2.05) is 33.0 Å². The SMILES string of the molecule is CCCC(C(=O)NC=O)N(C=O)Cc1c(C)cccc1NC(=O)CNCCOCCN1CCN(CCNC)CC1. The summed E-state index contributed by atoms with van der Waals surface area (Å²) in [7, 11) is 1.98. The molecule has 2 rings (SSSR count). The molecule has 4 N–H and O–H groups in total. The van der Waals surface area contributed by atoms with Crippen molar-refractivity contribution in [3.05, 3.63) is 29.3 Å². The molecule has 1 aliphatic heterocycles. The molecule has 0 radical (unpaired) electrons. The Morgan fingerprint density at radius 1 is 1.07 bits per heavy atom. The molecule has 0 aliphatic carbocycles. The lowest BCUT2D eigenvalue weighted by Crippen LogP contribution is -2.48. The zero-order chi connectivity index (χ0) is 29.2. The molecule has 1 unspecified atom stereocenters. The van der Waals surface area contributed by atoms with Gasteiger partial charge in [0.2, 0.25) is 24.6 Å². The Balaban J connectivity index is 1.75. The highest BCUT2D eigenvalue weighted by atomic mass is 16.5. The van der Waals surface area contributed by atoms with Gasteiger partial charge in [-0.05, 0) is 37.6 Å². The number of carbonyl (C=O) groups excluding carboxylic acids is 4. The molecule has 4 amide bonds. The van der Waals surface area contributed by atoms with E-state index in [-0.39, 0.29) is 19.0 Å². The quantitative estimate of drug-likeness (QED) is 0.126. The van der Waals surface area contributed by atoms with E-state index in [1.54, 1.807) is 6.07 Å². The van der Waals surface area contributed by atoms with Gasteiger partial charge in [-0.15, -0.1) is 0 Å². The molecule has 0 saturated carbocycles. The largest absolute Gasteiger partial charge is 0.379 e. The molecule has 12 heteroatoms. The third-order valence-electron chi connectivity index (χ3n) is 7.03. The van der Waals surface area contributed by atoms with Crippen molar-refractivity contribution in [2.75, 3.05) is 84.5 Å². The molecular weight excluding hydrogens is 514 g/mol. The van der Waals surface area contributed by atoms with Crippen LogP contribution in [0.1, 0.15) is 30.9 Å². The number of ether oxygens (including phenoxy) is 1. The average molecular weight is 562 g/mol. The number of rotatable bonds is 20. The zero-order valence-corrected chi connectivity index (χ0v) is 24.2. The van der Waals surface area contributed by atoms with Crippen molar-refractivity contribution in [2.24, 2.45) is 0 Å². The van der Waals surface area contributed by atoms with Gasteiger partial charge in [-0.3, -0.25) is 34.3 Å². The van der Waals surface area contributed by atoms with E-state index < -0.39 is 11.9 Å². The summed E-state index contributed by atoms with van der Waals surface area (Å²) in [6.45, 7) is 13.0. The van der Waals surface area contributed by atoms with E-state index in [9.17, 15) is 19.2 Å². The molecule has 12 nitrogen and oxygen atoms in total. The minimum absolute atomic E-state index is 0.114. The van der Waals surface area contributed by atoms with Gasteiger partial charge in [0.15, 0.2) is 0 Å². The van der Waals surface area contributed by atoms with Crippen molar-refractivity contribution >= 4 is 30.3 Å². The van der Waals surface area contributed by atoms with E-state index in [0.717, 1.165) is 56.9 Å². The number of aryl methyl sites for hydroxylation is 1. The maximum atomic E-state index is 12.6. The van der Waals surface area contributed by atoms with E-state index in [1.165, 1.54) is 4.90 Å². The number of nitrogens with zero attached hydrogens (tertiary/aromatic N) is 3. The molecule has 1 aromatic rings. The first-order valence-corrected chi connectivity index (χ1v) is 14.1. The fourth-order valence-corrected chi connectivity index (χ4v) is 4.65. The molecule has 0 bridgehead atoms. The minimum atomic E-state index is -0.787. The summed E-state index contributed by atoms with van der Waals surface area (Å²) < 4.78 is 5.75. The minimum Gasteiger partial charge on any atom is -0.379 e. The van der Waals surface area contributed by atoms with Crippen LogP contribution in [0.4, 0.5) is 5.69 Å². The number of imide groups is 1. The van der Waals surface area contributed by atoms with Crippen molar-refractivity contribution < 1.29 is 23.9 Å². The van der Waals surface area contributed by atoms with Crippen molar-refractivity contribution in [3.63, 3.8) is 0 Å². The lowest BCUT2D eigenvalue weighted by atomic mass is 10.0. The van der Waals surface area contributed by atoms with Crippen molar-refractivity contribution in [1.29, 1.82) is 0 Å². The summed E-state index contributed by atoms with van der Waals surface area (Å²) in [5, 5.41) is 11.3. The Morgan fingerprint density at radius 3 is 2.45 bits per heavy atom. The number of anilines is 1. The summed E-state index contributed by atoms with van der Waals surface area (Å²) in [6, 6.07) is 4.69. The lowest BCUT2D eigenvalue weighted by Gasteiger charge is -2.34. The molecule has 1 aliphatic rings. The van der Waals surface area contributed by atoms with Crippen LogP contribution < -0.4 is 21.3 Å². The highest BCUT2D eigenvalue weighted by Crippen LogP contribution is 2.23. The molecule has 1 aromatic carbocycles. The second kappa shape index (κ2) is 19.2. The number of likely N-dealkylation sites (N-methyl/N-ethyl adjacent to an activating group) is 1. The topological polar surface area (TPSA) is 135 Å². The number of benzene rings is 1. The number of hydrogen-bond acceptors (Lipinski definition) is 9. The molecule has 1 heterocycles. The van der Waals surface area contributed by atoms with E-state index in [2.05, 4.69) is 31.1 Å². The Morgan fingerprint density at radius 2 is 1.80 bits per heavy atom. The van der Waals surface area contributed by atoms with Crippen molar-refractivity contribution in [1.82, 2.24) is 30.7 Å². The van der Waals surface area contributed by atoms with Gasteiger partial charge in [-0.25, -0.2) is 0 Å². The van der Waals surface area contributed by atoms with Crippen LogP contribution in [0.2, 0.25) is 0 Å². The van der Waals surface area contributed by atoms with E-state index in [4.69, 9.17) is 4.74 Å². The van der Waals surface area contributed by atoms with Gasteiger partial charge in [0.25, 0.3) is 0 Å². The second-order valence-electron chi connectivity index (χ2n) is 9.93. The Labute approximate surface area is 238 Å². The molecule has 1 fully saturated rings. The fraction of sp³-hybridized carbons (Fsp3) is 0.643. The summed E-state index contributed by atoms with van der Waals surface area (Å²) in [4.78, 5) is 53.9. The predicted octanol–water partition coefficient (Wildman–Crippen LogP) is -0.224. The van der Waals surface area contributed by atoms with E-state index in [0.29, 0.717) is 51.1 Å². The number of carbonyl (C=O) groups is 4. The molecule has 40 heavy (non-hydrogen) atoms. The van der Waals surface area contributed by atoms with Gasteiger partial charge in [-0.2, -0.15) is 0 Å². The average Bonchev–Trinajstić information content (AvgIpc) is 2.95. The van der Waals surface area contributed by atoms with Gasteiger partial charge >= 0.3 is 0 Å². The van der Waals surface area contributed by atoms with Crippen LogP contribution in [-0.2, 0) is 30.5 Å². The molecular formula is C28H47N7O5. The molecule has 1 atom stereocenters. The monoisotopic (exact) mass is 561 g/mol. The Hall–Kier alpha value is -2.90. The first-order chi connectivity index (χ1) is 19.4. The van der Waals surface area contributed by atoms with Crippen molar-refractivity contribution in [3.8, 4) is 0 Å². The van der Waals surface area contributed by atoms with Crippen LogP contribution in [0.15, 0.2) is 18.2 Å². The van der Waals surface area contributed by atoms with Gasteiger partial charge in [0, 0.05) is 64.6 Å². The third kappa shape index (κ3) is 11.7. The highest BCUT2D eigenvalue weighted by Gasteiger charge is 2.25. The van der Waals surface area contributed by atoms with Crippen molar-refractivity contribution in [2.45, 2.75) is 39.3 Å². The van der Waals surface area contributed by atoms with Gasteiger partial charge in [0.05, 0.1) is 19.8 Å². The Bertz CT molecular complexity index is 924. The van der Waals surface area contributed by atoms with Crippen LogP contribution in [-0.4, -0.2) is 125 Å². The number of amides is 4. The highest BCUT2D eigenvalue weighted by molar-refractivity contribution is 5.93. The summed E-state index contributed by atoms with van der Waals surface area (Å²) in [5.41, 5.74) is 2.18. The van der Waals surface area contributed by atoms with Crippen LogP contribution in [0.3, 0.4) is 0 Å². The van der Waals surface area contributed by atoms with Gasteiger partial charge in [-0.1, -0.05) is 25.5 Å². The normalized spacial score (nSPS) is 14.9. The number of nitrogens with one attached hydrogen (secondary N) is 4. The van der Waals surface area contributed by atoms with Crippen LogP contribution in [0, 0.1) is 6.92 Å². The maximum absolute atomic E-state index is 12.6. The standard InChI is InChI=1S/C28H47N7O5/c1-4-6-26(28(39)31-21-36)35(22-37)20-24-23(2)7-5-8-25(24)32-27(38)19-30-10-17-40-18-16-34-14-12-33(13-15-34)11-9-29-3/h5,7-8,21-22,26,29-30H,4,6,9-20H2,1-3H3,(H,32,38)(H,31,36,39). The summed E-state index contributed by atoms with van der Waals surface area (Å²) >= 11 is 0. The zero-order valence-electron chi connectivity index (χ0n) is 24.2. The molecule has 224 valence electrons. The third-order valence-corrected chi connectivity index (χ3v) is 7.03. The summed E-state index contributed by atoms with van der Waals surface area (Å²) in [5.74, 6) is -0.748. The van der Waals surface area contributed by atoms with Crippen LogP contribution in [0.5, 0.6) is 0 Å². The second-order valence-corrected chi connectivity index (χ2v) is 9.93. The number of hydrogen-bond donors (Lipinski definition) is 4. The van der Waals surface area contributed by atoms with Gasteiger partial charge in [0.1, 0.15) is 6.04 Å². The van der Waals surface area contributed by atoms with Crippen LogP contribution >= 0.6 is 0 Å². The summed E-state index contributed by atoms with van der Waals surface area (Å²) in [6.07, 6.45) is 1.99. The maximum Gasteiger partial charge on any atom is 0.249 e. The molecule has 1 saturated heterocycles. The van der Waals surface area contributed by atoms with Gasteiger partial charge < -0.3 is 25.6 Å². The predicted molar refractivity (Wildman–Crippen MR) is 155 cm³/mol. The fourth-order valence-electron chi connectivity index (χ4n) is 4.65. The lowest BCUT2D eigenvalue weighted by molar-refractivity contribution is -0.135. The smallest absolute Gasteiger partial charge is 0.249 e. The van der Waals surface area contributed by atoms with E-state index >= 15 is 0 Å². The first-order valence-electron chi connectivity index (χ1n) is 14.1. The first kappa shape index (κ1) is 33.3. The van der Waals surface area contributed by atoms with Crippen LogP contribution in [0.25, 0.3) is 0 Å². The molecule has 0 spiro atoms.